The van der Waals surface area contributed by atoms with Crippen LogP contribution >= 0.6 is 12.2 Å². The van der Waals surface area contributed by atoms with Gasteiger partial charge in [-0.25, -0.2) is 4.79 Å². The second-order valence-corrected chi connectivity index (χ2v) is 5.92. The van der Waals surface area contributed by atoms with Crippen LogP contribution in [0, 0.1) is 0 Å². The lowest BCUT2D eigenvalue weighted by atomic mass is 10.1. The zero-order valence-electron chi connectivity index (χ0n) is 13.9. The Morgan fingerprint density at radius 2 is 1.77 bits per heavy atom. The summed E-state index contributed by atoms with van der Waals surface area (Å²) in [4.78, 5) is 23.0. The predicted octanol–water partition coefficient (Wildman–Crippen LogP) is 2.40. The van der Waals surface area contributed by atoms with E-state index in [0.717, 1.165) is 11.1 Å². The van der Waals surface area contributed by atoms with Gasteiger partial charge in [-0.2, -0.15) is 0 Å². The molecule has 0 saturated carbocycles. The fraction of sp³-hybridized carbons (Fsp3) is 0.105. The molecule has 1 saturated heterocycles. The van der Waals surface area contributed by atoms with E-state index in [1.165, 1.54) is 7.11 Å². The van der Waals surface area contributed by atoms with Gasteiger partial charge in [0.15, 0.2) is 5.11 Å². The Kier molecular flexibility index (Phi) is 5.28. The zero-order valence-corrected chi connectivity index (χ0v) is 14.8. The molecule has 1 aliphatic rings. The number of carbonyl (C=O) groups excluding carboxylic acids is 2. The van der Waals surface area contributed by atoms with Crippen LogP contribution in [0.1, 0.15) is 21.5 Å². The fourth-order valence-electron chi connectivity index (χ4n) is 2.33. The molecule has 2 aromatic rings. The molecular weight excluding hydrogens is 352 g/mol. The first-order valence-corrected chi connectivity index (χ1v) is 8.20. The number of carbonyl (C=O) groups is 2. The van der Waals surface area contributed by atoms with E-state index in [2.05, 4.69) is 15.4 Å². The van der Waals surface area contributed by atoms with Crippen molar-refractivity contribution in [2.75, 3.05) is 7.11 Å². The fourth-order valence-corrected chi connectivity index (χ4v) is 2.53. The minimum atomic E-state index is -0.367. The Morgan fingerprint density at radius 3 is 2.35 bits per heavy atom. The van der Waals surface area contributed by atoms with Gasteiger partial charge in [0.1, 0.15) is 18.1 Å². The van der Waals surface area contributed by atoms with Crippen molar-refractivity contribution in [2.45, 2.75) is 6.61 Å². The zero-order chi connectivity index (χ0) is 18.5. The third-order valence-electron chi connectivity index (χ3n) is 3.69. The summed E-state index contributed by atoms with van der Waals surface area (Å²) in [6.07, 6.45) is 1.71. The lowest BCUT2D eigenvalue weighted by molar-refractivity contribution is -0.115. The van der Waals surface area contributed by atoms with E-state index < -0.39 is 0 Å². The third kappa shape index (κ3) is 4.25. The first kappa shape index (κ1) is 17.6. The molecule has 1 amide bonds. The van der Waals surface area contributed by atoms with Gasteiger partial charge in [0.25, 0.3) is 5.91 Å². The highest BCUT2D eigenvalue weighted by Crippen LogP contribution is 2.17. The van der Waals surface area contributed by atoms with E-state index in [4.69, 9.17) is 17.0 Å². The molecule has 0 aromatic heterocycles. The number of hydrogen-bond acceptors (Lipinski definition) is 5. The van der Waals surface area contributed by atoms with Crippen molar-refractivity contribution >= 4 is 35.3 Å². The molecule has 0 radical (unpaired) electrons. The second kappa shape index (κ2) is 7.79. The van der Waals surface area contributed by atoms with Gasteiger partial charge < -0.3 is 14.8 Å². The van der Waals surface area contributed by atoms with Gasteiger partial charge in [0.2, 0.25) is 0 Å². The number of thiocarbonyl (C=S) groups is 1. The number of esters is 1. The molecule has 0 spiro atoms. The van der Waals surface area contributed by atoms with Crippen molar-refractivity contribution in [1.82, 2.24) is 10.6 Å². The minimum absolute atomic E-state index is 0.245. The van der Waals surface area contributed by atoms with Crippen LogP contribution in [-0.2, 0) is 16.1 Å². The Balaban J connectivity index is 1.59. The van der Waals surface area contributed by atoms with Gasteiger partial charge >= 0.3 is 5.97 Å². The highest BCUT2D eigenvalue weighted by atomic mass is 32.1. The number of methoxy groups -OCH3 is 1. The molecule has 2 aromatic carbocycles. The van der Waals surface area contributed by atoms with E-state index in [0.29, 0.717) is 28.7 Å². The summed E-state index contributed by atoms with van der Waals surface area (Å²) in [5.74, 6) is 0.0858. The van der Waals surface area contributed by atoms with Gasteiger partial charge in [-0.15, -0.1) is 0 Å². The molecule has 7 heteroatoms. The molecule has 1 aliphatic heterocycles. The highest BCUT2D eigenvalue weighted by Gasteiger charge is 2.19. The summed E-state index contributed by atoms with van der Waals surface area (Å²) < 4.78 is 10.4. The number of amides is 1. The lowest BCUT2D eigenvalue weighted by Crippen LogP contribution is -2.21. The van der Waals surface area contributed by atoms with Crippen LogP contribution in [0.25, 0.3) is 6.08 Å². The number of hydrogen-bond donors (Lipinski definition) is 2. The van der Waals surface area contributed by atoms with Gasteiger partial charge in [-0.3, -0.25) is 10.1 Å². The normalized spacial score (nSPS) is 14.7. The predicted molar refractivity (Wildman–Crippen MR) is 100 cm³/mol. The van der Waals surface area contributed by atoms with Crippen molar-refractivity contribution < 1.29 is 19.1 Å². The van der Waals surface area contributed by atoms with Crippen LogP contribution in [0.5, 0.6) is 5.75 Å². The lowest BCUT2D eigenvalue weighted by Gasteiger charge is -2.07. The van der Waals surface area contributed by atoms with E-state index in [-0.39, 0.29) is 11.9 Å². The van der Waals surface area contributed by atoms with Gasteiger partial charge in [-0.1, -0.05) is 24.3 Å². The quantitative estimate of drug-likeness (QED) is 0.479. The van der Waals surface area contributed by atoms with Crippen LogP contribution < -0.4 is 15.4 Å². The Hall–Kier alpha value is -3.19. The highest BCUT2D eigenvalue weighted by molar-refractivity contribution is 7.80. The molecule has 0 bridgehead atoms. The van der Waals surface area contributed by atoms with Crippen molar-refractivity contribution in [3.8, 4) is 5.75 Å². The van der Waals surface area contributed by atoms with Gasteiger partial charge in [-0.05, 0) is 53.7 Å². The molecule has 1 heterocycles. The average molecular weight is 368 g/mol. The van der Waals surface area contributed by atoms with Crippen molar-refractivity contribution in [2.24, 2.45) is 0 Å². The molecule has 132 valence electrons. The largest absolute Gasteiger partial charge is 0.489 e. The second-order valence-electron chi connectivity index (χ2n) is 5.51. The molecule has 3 rings (SSSR count). The monoisotopic (exact) mass is 368 g/mol. The SMILES string of the molecule is COC(=O)c1ccc(COc2ccc(/C=C3/NC(=S)NC3=O)cc2)cc1. The van der Waals surface area contributed by atoms with Crippen molar-refractivity contribution in [3.05, 3.63) is 70.9 Å². The molecular formula is C19H16N2O4S. The Bertz CT molecular complexity index is 873. The topological polar surface area (TPSA) is 76.7 Å². The first-order chi connectivity index (χ1) is 12.5. The van der Waals surface area contributed by atoms with E-state index in [1.807, 2.05) is 36.4 Å². The smallest absolute Gasteiger partial charge is 0.337 e. The number of nitrogens with one attached hydrogen (secondary N) is 2. The van der Waals surface area contributed by atoms with Crippen molar-refractivity contribution in [3.63, 3.8) is 0 Å². The Labute approximate surface area is 155 Å². The summed E-state index contributed by atoms with van der Waals surface area (Å²) in [6.45, 7) is 0.375. The molecule has 1 fully saturated rings. The van der Waals surface area contributed by atoms with E-state index in [9.17, 15) is 9.59 Å². The molecule has 2 N–H and O–H groups in total. The maximum Gasteiger partial charge on any atom is 0.337 e. The first-order valence-electron chi connectivity index (χ1n) is 7.79. The summed E-state index contributed by atoms with van der Waals surface area (Å²) in [6, 6.07) is 14.4. The van der Waals surface area contributed by atoms with Crippen LogP contribution in [0.3, 0.4) is 0 Å². The number of benzene rings is 2. The van der Waals surface area contributed by atoms with Crippen LogP contribution in [0.4, 0.5) is 0 Å². The molecule has 0 unspecified atom stereocenters. The summed E-state index contributed by atoms with van der Waals surface area (Å²) in [7, 11) is 1.35. The summed E-state index contributed by atoms with van der Waals surface area (Å²) in [5.41, 5.74) is 2.69. The van der Waals surface area contributed by atoms with E-state index in [1.54, 1.807) is 18.2 Å². The summed E-state index contributed by atoms with van der Waals surface area (Å²) in [5, 5.41) is 5.61. The van der Waals surface area contributed by atoms with Crippen LogP contribution in [0.2, 0.25) is 0 Å². The number of rotatable bonds is 5. The van der Waals surface area contributed by atoms with Crippen LogP contribution in [0.15, 0.2) is 54.2 Å². The van der Waals surface area contributed by atoms with Gasteiger partial charge in [0.05, 0.1) is 12.7 Å². The van der Waals surface area contributed by atoms with Crippen molar-refractivity contribution in [1.29, 1.82) is 0 Å². The molecule has 6 nitrogen and oxygen atoms in total. The van der Waals surface area contributed by atoms with Gasteiger partial charge in [0, 0.05) is 0 Å². The molecule has 0 aliphatic carbocycles. The maximum atomic E-state index is 11.6. The maximum absolute atomic E-state index is 11.6. The number of ether oxygens (including phenoxy) is 2. The molecule has 26 heavy (non-hydrogen) atoms. The minimum Gasteiger partial charge on any atom is -0.489 e. The van der Waals surface area contributed by atoms with Crippen LogP contribution in [-0.4, -0.2) is 24.1 Å². The molecule has 0 atom stereocenters. The average Bonchev–Trinajstić information content (AvgIpc) is 2.98. The standard InChI is InChI=1S/C19H16N2O4S/c1-24-18(23)14-6-2-13(3-7-14)11-25-15-8-4-12(5-9-15)10-16-17(22)21-19(26)20-16/h2-10H,11H2,1H3,(H2,20,21,22,26)/b16-10+. The summed E-state index contributed by atoms with van der Waals surface area (Å²) >= 11 is 4.89. The Morgan fingerprint density at radius 1 is 1.08 bits per heavy atom. The third-order valence-corrected chi connectivity index (χ3v) is 3.90. The van der Waals surface area contributed by atoms with E-state index >= 15 is 0 Å².